The SMILES string of the molecule is c1ccc(-c2cc(-c3ccc(N4c5ccccc5Oc5ccccc54)cc3)nc(-c3ccc(-c4cccc5c4C4(c6ccccc6Oc6ccccc64)c4ccccc4-5)cc3)n2)cc1. The molecule has 0 fully saturated rings. The van der Waals surface area contributed by atoms with Crippen LogP contribution in [0.15, 0.2) is 224 Å². The number of fused-ring (bicyclic) bond motifs is 11. The Balaban J connectivity index is 0.921. The molecule has 3 heterocycles. The molecule has 9 aromatic carbocycles. The molecular weight excluding hydrogens is 783 g/mol. The van der Waals surface area contributed by atoms with E-state index in [1.807, 2.05) is 42.5 Å². The smallest absolute Gasteiger partial charge is 0.160 e. The van der Waals surface area contributed by atoms with Gasteiger partial charge in [0.05, 0.1) is 28.2 Å². The maximum Gasteiger partial charge on any atom is 0.160 e. The molecule has 3 aliphatic rings. The average Bonchev–Trinajstić information content (AvgIpc) is 3.66. The largest absolute Gasteiger partial charge is 0.457 e. The molecule has 0 saturated carbocycles. The molecule has 0 amide bonds. The molecule has 5 nitrogen and oxygen atoms in total. The molecule has 0 unspecified atom stereocenters. The molecule has 1 spiro atoms. The predicted octanol–water partition coefficient (Wildman–Crippen LogP) is 15.2. The Morgan fingerprint density at radius 1 is 0.344 bits per heavy atom. The van der Waals surface area contributed by atoms with E-state index in [4.69, 9.17) is 19.4 Å². The zero-order valence-corrected chi connectivity index (χ0v) is 34.5. The molecule has 64 heavy (non-hydrogen) atoms. The van der Waals surface area contributed by atoms with Crippen LogP contribution in [0.2, 0.25) is 0 Å². The normalized spacial score (nSPS) is 13.3. The molecule has 10 aromatic rings. The Labute approximate surface area is 371 Å². The van der Waals surface area contributed by atoms with E-state index >= 15 is 0 Å². The van der Waals surface area contributed by atoms with Gasteiger partial charge in [-0.15, -0.1) is 0 Å². The highest BCUT2D eigenvalue weighted by atomic mass is 16.5. The van der Waals surface area contributed by atoms with E-state index in [0.29, 0.717) is 5.82 Å². The first kappa shape index (κ1) is 36.1. The van der Waals surface area contributed by atoms with Crippen molar-refractivity contribution >= 4 is 17.1 Å². The van der Waals surface area contributed by atoms with Crippen LogP contribution >= 0.6 is 0 Å². The quantitative estimate of drug-likeness (QED) is 0.173. The Hall–Kier alpha value is -8.54. The summed E-state index contributed by atoms with van der Waals surface area (Å²) in [6, 6.07) is 78.8. The van der Waals surface area contributed by atoms with E-state index in [0.717, 1.165) is 84.8 Å². The highest BCUT2D eigenvalue weighted by Gasteiger charge is 2.52. The molecule has 5 heteroatoms. The summed E-state index contributed by atoms with van der Waals surface area (Å²) in [5, 5.41) is 0. The fourth-order valence-corrected chi connectivity index (χ4v) is 10.2. The van der Waals surface area contributed by atoms with Gasteiger partial charge in [0.25, 0.3) is 0 Å². The van der Waals surface area contributed by atoms with Gasteiger partial charge in [-0.2, -0.15) is 0 Å². The number of hydrogen-bond acceptors (Lipinski definition) is 5. The van der Waals surface area contributed by atoms with E-state index in [9.17, 15) is 0 Å². The molecule has 0 N–H and O–H groups in total. The number of rotatable bonds is 5. The second-order valence-corrected chi connectivity index (χ2v) is 16.4. The van der Waals surface area contributed by atoms with Crippen molar-refractivity contribution in [3.8, 4) is 79.2 Å². The van der Waals surface area contributed by atoms with Gasteiger partial charge in [0.15, 0.2) is 17.3 Å². The van der Waals surface area contributed by atoms with Gasteiger partial charge >= 0.3 is 0 Å². The van der Waals surface area contributed by atoms with Gasteiger partial charge in [0.1, 0.15) is 11.5 Å². The number of hydrogen-bond donors (Lipinski definition) is 0. The number of aromatic nitrogens is 2. The van der Waals surface area contributed by atoms with Crippen LogP contribution in [0.4, 0.5) is 17.1 Å². The van der Waals surface area contributed by atoms with Crippen LogP contribution in [0.5, 0.6) is 23.0 Å². The zero-order valence-electron chi connectivity index (χ0n) is 34.5. The number of benzene rings is 9. The van der Waals surface area contributed by atoms with Gasteiger partial charge < -0.3 is 14.4 Å². The van der Waals surface area contributed by atoms with Crippen LogP contribution in [-0.2, 0) is 5.41 Å². The lowest BCUT2D eigenvalue weighted by Crippen LogP contribution is -2.32. The molecule has 0 radical (unpaired) electrons. The van der Waals surface area contributed by atoms with E-state index in [1.54, 1.807) is 0 Å². The number of para-hydroxylation sites is 6. The fourth-order valence-electron chi connectivity index (χ4n) is 10.2. The van der Waals surface area contributed by atoms with Crippen molar-refractivity contribution in [3.05, 3.63) is 247 Å². The van der Waals surface area contributed by atoms with Crippen LogP contribution in [0.1, 0.15) is 22.3 Å². The van der Waals surface area contributed by atoms with E-state index in [2.05, 4.69) is 187 Å². The van der Waals surface area contributed by atoms with E-state index in [-0.39, 0.29) is 0 Å². The van der Waals surface area contributed by atoms with Gasteiger partial charge in [0, 0.05) is 33.5 Å². The molecular formula is C59H37N3O2. The summed E-state index contributed by atoms with van der Waals surface area (Å²) < 4.78 is 12.9. The minimum atomic E-state index is -0.571. The van der Waals surface area contributed by atoms with Gasteiger partial charge in [-0.1, -0.05) is 170 Å². The third-order valence-electron chi connectivity index (χ3n) is 13.0. The predicted molar refractivity (Wildman–Crippen MR) is 256 cm³/mol. The minimum absolute atomic E-state index is 0.571. The first-order valence-corrected chi connectivity index (χ1v) is 21.6. The van der Waals surface area contributed by atoms with Gasteiger partial charge in [-0.3, -0.25) is 0 Å². The highest BCUT2D eigenvalue weighted by Crippen LogP contribution is 2.63. The monoisotopic (exact) mass is 819 g/mol. The Morgan fingerprint density at radius 3 is 1.47 bits per heavy atom. The van der Waals surface area contributed by atoms with Crippen LogP contribution in [0.3, 0.4) is 0 Å². The Bertz CT molecular complexity index is 3360. The molecule has 0 bridgehead atoms. The molecule has 300 valence electrons. The maximum absolute atomic E-state index is 6.63. The molecule has 1 aromatic heterocycles. The first-order chi connectivity index (χ1) is 31.7. The summed E-state index contributed by atoms with van der Waals surface area (Å²) in [4.78, 5) is 12.7. The third kappa shape index (κ3) is 5.44. The average molecular weight is 820 g/mol. The summed E-state index contributed by atoms with van der Waals surface area (Å²) in [5.41, 5.74) is 16.7. The van der Waals surface area contributed by atoms with E-state index < -0.39 is 5.41 Å². The minimum Gasteiger partial charge on any atom is -0.457 e. The van der Waals surface area contributed by atoms with Crippen molar-refractivity contribution in [2.75, 3.05) is 4.90 Å². The summed E-state index contributed by atoms with van der Waals surface area (Å²) in [6.45, 7) is 0. The van der Waals surface area contributed by atoms with Gasteiger partial charge in [-0.05, 0) is 88.0 Å². The van der Waals surface area contributed by atoms with Crippen molar-refractivity contribution in [3.63, 3.8) is 0 Å². The van der Waals surface area contributed by atoms with Crippen LogP contribution in [0, 0.1) is 0 Å². The van der Waals surface area contributed by atoms with Crippen molar-refractivity contribution < 1.29 is 9.47 Å². The highest BCUT2D eigenvalue weighted by molar-refractivity contribution is 5.94. The lowest BCUT2D eigenvalue weighted by Gasteiger charge is -2.40. The maximum atomic E-state index is 6.63. The van der Waals surface area contributed by atoms with Crippen LogP contribution < -0.4 is 14.4 Å². The second kappa shape index (κ2) is 14.3. The number of ether oxygens (including phenoxy) is 2. The lowest BCUT2D eigenvalue weighted by atomic mass is 9.64. The Morgan fingerprint density at radius 2 is 0.812 bits per heavy atom. The summed E-state index contributed by atoms with van der Waals surface area (Å²) in [7, 11) is 0. The van der Waals surface area contributed by atoms with E-state index in [1.165, 1.54) is 27.8 Å². The lowest BCUT2D eigenvalue weighted by molar-refractivity contribution is 0.436. The fraction of sp³-hybridized carbons (Fsp3) is 0.0169. The summed E-state index contributed by atoms with van der Waals surface area (Å²) in [5.74, 6) is 4.07. The summed E-state index contributed by atoms with van der Waals surface area (Å²) >= 11 is 0. The second-order valence-electron chi connectivity index (χ2n) is 16.4. The topological polar surface area (TPSA) is 47.5 Å². The van der Waals surface area contributed by atoms with Gasteiger partial charge in [-0.25, -0.2) is 9.97 Å². The van der Waals surface area contributed by atoms with Crippen molar-refractivity contribution in [2.45, 2.75) is 5.41 Å². The van der Waals surface area contributed by atoms with Crippen LogP contribution in [0.25, 0.3) is 56.2 Å². The zero-order chi connectivity index (χ0) is 42.2. The van der Waals surface area contributed by atoms with Gasteiger partial charge in [0.2, 0.25) is 0 Å². The van der Waals surface area contributed by atoms with Crippen molar-refractivity contribution in [2.24, 2.45) is 0 Å². The molecule has 13 rings (SSSR count). The molecule has 1 aliphatic carbocycles. The molecule has 0 atom stereocenters. The first-order valence-electron chi connectivity index (χ1n) is 21.6. The number of anilines is 3. The van der Waals surface area contributed by atoms with Crippen molar-refractivity contribution in [1.29, 1.82) is 0 Å². The van der Waals surface area contributed by atoms with Crippen molar-refractivity contribution in [1.82, 2.24) is 9.97 Å². The molecule has 0 saturated heterocycles. The Kier molecular flexibility index (Phi) is 8.06. The summed E-state index contributed by atoms with van der Waals surface area (Å²) in [6.07, 6.45) is 0. The molecule has 2 aliphatic heterocycles. The van der Waals surface area contributed by atoms with Crippen LogP contribution in [-0.4, -0.2) is 9.97 Å². The third-order valence-corrected chi connectivity index (χ3v) is 13.0. The number of nitrogens with zero attached hydrogens (tertiary/aromatic N) is 3. The standard InChI is InChI=1S/C59H37N3O2/c1-2-15-39(16-3-1)49-37-50(40-33-35-42(36-34-40)62-51-23-8-12-27-55(51)64-56-28-13-9-24-52(56)62)61-58(60-49)41-31-29-38(30-32-41)43-18-14-19-45-44-17-4-5-20-46(44)59(57(43)45)47-21-6-10-25-53(47)63-54-26-11-7-22-48(54)59/h1-37H.